The van der Waals surface area contributed by atoms with E-state index in [9.17, 15) is 14.4 Å². The lowest BCUT2D eigenvalue weighted by molar-refractivity contribution is -0.172. The minimum Gasteiger partial charge on any atom is -0.464 e. The molecule has 2 amide bonds. The number of nitrogens with zero attached hydrogens (tertiary/aromatic N) is 2. The Labute approximate surface area is 279 Å². The monoisotopic (exact) mass is 661 g/mol. The van der Waals surface area contributed by atoms with E-state index in [0.717, 1.165) is 5.69 Å². The number of anilines is 1. The number of carbonyl (C=O) groups excluding carboxylic acids is 2. The van der Waals surface area contributed by atoms with Gasteiger partial charge < -0.3 is 43.6 Å². The number of hydrogen-bond donors (Lipinski definition) is 2. The molecular formula is C36H43N3O9. The van der Waals surface area contributed by atoms with Crippen LogP contribution < -0.4 is 15.6 Å². The first-order valence-corrected chi connectivity index (χ1v) is 16.6. The van der Waals surface area contributed by atoms with Crippen LogP contribution in [0.25, 0.3) is 11.0 Å². The van der Waals surface area contributed by atoms with Crippen LogP contribution in [-0.2, 0) is 28.5 Å². The number of amides is 2. The molecule has 12 heteroatoms. The minimum absolute atomic E-state index is 0.0314. The van der Waals surface area contributed by atoms with E-state index in [0.29, 0.717) is 82.0 Å². The van der Waals surface area contributed by atoms with Crippen molar-refractivity contribution in [3.05, 3.63) is 88.5 Å². The highest BCUT2D eigenvalue weighted by Crippen LogP contribution is 2.40. The number of nitrogens with one attached hydrogen (secondary N) is 1. The van der Waals surface area contributed by atoms with Gasteiger partial charge in [0, 0.05) is 49.4 Å². The van der Waals surface area contributed by atoms with E-state index in [1.165, 1.54) is 6.26 Å². The van der Waals surface area contributed by atoms with Gasteiger partial charge in [0.1, 0.15) is 11.1 Å². The predicted octanol–water partition coefficient (Wildman–Crippen LogP) is 3.14. The first-order valence-electron chi connectivity index (χ1n) is 16.6. The van der Waals surface area contributed by atoms with E-state index < -0.39 is 17.7 Å². The molecule has 3 aliphatic rings. The van der Waals surface area contributed by atoms with Crippen LogP contribution in [0.3, 0.4) is 0 Å². The minimum atomic E-state index is -0.825. The maximum Gasteiger partial charge on any atom is 0.288 e. The average molecular weight is 662 g/mol. The summed E-state index contributed by atoms with van der Waals surface area (Å²) < 4.78 is 29.4. The van der Waals surface area contributed by atoms with Gasteiger partial charge >= 0.3 is 0 Å². The third kappa shape index (κ3) is 6.84. The Morgan fingerprint density at radius 3 is 2.48 bits per heavy atom. The van der Waals surface area contributed by atoms with Crippen molar-refractivity contribution in [1.82, 2.24) is 10.2 Å². The van der Waals surface area contributed by atoms with Gasteiger partial charge in [-0.05, 0) is 56.5 Å². The smallest absolute Gasteiger partial charge is 0.288 e. The van der Waals surface area contributed by atoms with Crippen LogP contribution in [0.5, 0.6) is 0 Å². The van der Waals surface area contributed by atoms with Crippen molar-refractivity contribution in [3.8, 4) is 0 Å². The number of ether oxygens (including phenoxy) is 4. The molecule has 1 spiro atoms. The summed E-state index contributed by atoms with van der Waals surface area (Å²) in [4.78, 5) is 44.9. The lowest BCUT2D eigenvalue weighted by atomic mass is 9.81. The van der Waals surface area contributed by atoms with Crippen LogP contribution in [0.4, 0.5) is 5.69 Å². The average Bonchev–Trinajstić information content (AvgIpc) is 3.43. The molecule has 2 N–H and O–H groups in total. The molecule has 0 bridgehead atoms. The molecule has 12 nitrogen and oxygen atoms in total. The Bertz CT molecular complexity index is 1650. The summed E-state index contributed by atoms with van der Waals surface area (Å²) in [5.41, 5.74) is 0.915. The van der Waals surface area contributed by atoms with Gasteiger partial charge in [-0.15, -0.1) is 0 Å². The summed E-state index contributed by atoms with van der Waals surface area (Å²) in [5, 5.41) is 12.4. The molecule has 2 fully saturated rings. The third-order valence-corrected chi connectivity index (χ3v) is 9.48. The number of benzene rings is 2. The lowest BCUT2D eigenvalue weighted by Gasteiger charge is -2.44. The van der Waals surface area contributed by atoms with Gasteiger partial charge in [0.15, 0.2) is 11.2 Å². The molecule has 48 heavy (non-hydrogen) atoms. The Balaban J connectivity index is 1.25. The zero-order valence-electron chi connectivity index (χ0n) is 27.2. The molecule has 0 radical (unpaired) electrons. The molecule has 256 valence electrons. The number of piperidine rings is 1. The third-order valence-electron chi connectivity index (χ3n) is 9.48. The molecule has 0 aliphatic carbocycles. The highest BCUT2D eigenvalue weighted by molar-refractivity contribution is 5.95. The largest absolute Gasteiger partial charge is 0.464 e. The van der Waals surface area contributed by atoms with Gasteiger partial charge in [0.05, 0.1) is 44.7 Å². The molecule has 3 aromatic rings. The molecule has 4 heterocycles. The zero-order chi connectivity index (χ0) is 33.5. The molecule has 1 aromatic heterocycles. The second kappa shape index (κ2) is 15.3. The summed E-state index contributed by atoms with van der Waals surface area (Å²) in [5.74, 6) is -1.17. The number of aliphatic hydroxyl groups excluding tert-OH is 1. The van der Waals surface area contributed by atoms with E-state index >= 15 is 0 Å². The normalized spacial score (nSPS) is 22.1. The van der Waals surface area contributed by atoms with E-state index in [1.54, 1.807) is 29.2 Å². The van der Waals surface area contributed by atoms with E-state index in [1.807, 2.05) is 43.3 Å². The van der Waals surface area contributed by atoms with Gasteiger partial charge in [-0.25, -0.2) is 0 Å². The van der Waals surface area contributed by atoms with Crippen molar-refractivity contribution in [2.24, 2.45) is 5.92 Å². The first kappa shape index (κ1) is 33.7. The number of rotatable bonds is 13. The maximum atomic E-state index is 14.1. The van der Waals surface area contributed by atoms with E-state index in [4.69, 9.17) is 28.5 Å². The van der Waals surface area contributed by atoms with Crippen LogP contribution in [-0.4, -0.2) is 93.0 Å². The number of likely N-dealkylation sites (tertiary alicyclic amines) is 1. The number of carbonyl (C=O) groups is 2. The summed E-state index contributed by atoms with van der Waals surface area (Å²) in [6, 6.07) is 16.9. The Hall–Kier alpha value is -4.23. The summed E-state index contributed by atoms with van der Waals surface area (Å²) in [7, 11) is 0. The van der Waals surface area contributed by atoms with Crippen molar-refractivity contribution in [2.45, 2.75) is 43.9 Å². The molecule has 3 atom stereocenters. The molecule has 2 saturated heterocycles. The fourth-order valence-electron chi connectivity index (χ4n) is 6.98. The van der Waals surface area contributed by atoms with Gasteiger partial charge in [0.2, 0.25) is 12.2 Å². The molecule has 0 saturated carbocycles. The first-order chi connectivity index (χ1) is 23.5. The Kier molecular flexibility index (Phi) is 10.8. The van der Waals surface area contributed by atoms with Gasteiger partial charge in [-0.3, -0.25) is 14.4 Å². The highest BCUT2D eigenvalue weighted by atomic mass is 16.7. The summed E-state index contributed by atoms with van der Waals surface area (Å²) in [6.45, 7) is 4.50. The van der Waals surface area contributed by atoms with Crippen molar-refractivity contribution in [3.63, 3.8) is 0 Å². The lowest BCUT2D eigenvalue weighted by Crippen LogP contribution is -2.57. The standard InChI is InChI=1S/C36H43N3O9/c1-2-46-34-26(12-18-44-20-21-45-19-17-40)28(29-23-47-30-11-7-6-10-27(30)32(29)41)22-31(48-34)33(42)38-15-13-36(14-16-38)35(43)37-24-39(36)25-8-4-3-5-9-25/h3-11,22-23,26,28,34,40H,2,12-21,24H2,1H3,(H,37,43)/t26-,28+,34-/m0/s1. The van der Waals surface area contributed by atoms with E-state index in [-0.39, 0.29) is 42.1 Å². The fraction of sp³-hybridized carbons (Fsp3) is 0.472. The van der Waals surface area contributed by atoms with Crippen LogP contribution in [0.2, 0.25) is 0 Å². The highest BCUT2D eigenvalue weighted by Gasteiger charge is 2.51. The number of fused-ring (bicyclic) bond motifs is 1. The topological polar surface area (TPSA) is 140 Å². The Morgan fingerprint density at radius 2 is 1.73 bits per heavy atom. The quantitative estimate of drug-likeness (QED) is 0.263. The zero-order valence-corrected chi connectivity index (χ0v) is 27.2. The van der Waals surface area contributed by atoms with Crippen LogP contribution in [0, 0.1) is 5.92 Å². The van der Waals surface area contributed by atoms with Crippen LogP contribution in [0.1, 0.15) is 37.7 Å². The molecule has 2 aromatic carbocycles. The number of allylic oxidation sites excluding steroid dienone is 1. The van der Waals surface area contributed by atoms with Gasteiger partial charge in [-0.2, -0.15) is 0 Å². The summed E-state index contributed by atoms with van der Waals surface area (Å²) in [6.07, 6.45) is 3.75. The SMILES string of the molecule is CCO[C@H]1OC(C(=O)N2CCC3(CC2)C(=O)NCN3c2ccccc2)=C[C@@H](c2coc3ccccc3c2=O)[C@@H]1CCOCCOCCO. The number of hydrogen-bond acceptors (Lipinski definition) is 10. The fourth-order valence-corrected chi connectivity index (χ4v) is 6.98. The second-order valence-electron chi connectivity index (χ2n) is 12.2. The van der Waals surface area contributed by atoms with Crippen molar-refractivity contribution in [2.75, 3.05) is 64.3 Å². The predicted molar refractivity (Wildman–Crippen MR) is 177 cm³/mol. The molecule has 3 aliphatic heterocycles. The molecular weight excluding hydrogens is 618 g/mol. The number of para-hydroxylation sites is 2. The Morgan fingerprint density at radius 1 is 1.00 bits per heavy atom. The van der Waals surface area contributed by atoms with Crippen molar-refractivity contribution in [1.29, 1.82) is 0 Å². The van der Waals surface area contributed by atoms with Crippen LogP contribution >= 0.6 is 0 Å². The maximum absolute atomic E-state index is 14.1. The number of aliphatic hydroxyl groups is 1. The summed E-state index contributed by atoms with van der Waals surface area (Å²) >= 11 is 0. The second-order valence-corrected chi connectivity index (χ2v) is 12.2. The molecule has 6 rings (SSSR count). The van der Waals surface area contributed by atoms with E-state index in [2.05, 4.69) is 10.2 Å². The molecule has 0 unspecified atom stereocenters. The van der Waals surface area contributed by atoms with Gasteiger partial charge in [0.25, 0.3) is 5.91 Å². The van der Waals surface area contributed by atoms with Crippen molar-refractivity contribution < 1.29 is 38.1 Å². The van der Waals surface area contributed by atoms with Crippen molar-refractivity contribution >= 4 is 28.5 Å². The van der Waals surface area contributed by atoms with Gasteiger partial charge in [-0.1, -0.05) is 30.3 Å². The van der Waals surface area contributed by atoms with Crippen LogP contribution in [0.15, 0.2) is 81.9 Å².